The molecule has 0 bridgehead atoms. The van der Waals surface area contributed by atoms with Crippen molar-refractivity contribution in [3.05, 3.63) is 11.6 Å². The molecule has 8 nitrogen and oxygen atoms in total. The van der Waals surface area contributed by atoms with E-state index in [1.54, 1.807) is 4.90 Å². The van der Waals surface area contributed by atoms with Crippen LogP contribution in [0, 0.1) is 23.2 Å². The second kappa shape index (κ2) is 10.5. The first-order chi connectivity index (χ1) is 13.3. The molecule has 2 aliphatic rings. The molecular weight excluding hydrogens is 361 g/mol. The molecule has 0 radical (unpaired) electrons. The predicted octanol–water partition coefficient (Wildman–Crippen LogP) is 1.38. The summed E-state index contributed by atoms with van der Waals surface area (Å²) in [5, 5.41) is 30.9. The first-order valence-corrected chi connectivity index (χ1v) is 10.0. The molecule has 0 aromatic rings. The third kappa shape index (κ3) is 6.25. The van der Waals surface area contributed by atoms with Crippen LogP contribution in [-0.4, -0.2) is 59.2 Å². The highest BCUT2D eigenvalue weighted by Crippen LogP contribution is 2.23. The Balaban J connectivity index is 1.88. The van der Waals surface area contributed by atoms with Crippen molar-refractivity contribution in [3.8, 4) is 6.07 Å². The van der Waals surface area contributed by atoms with Gasteiger partial charge in [-0.25, -0.2) is 4.79 Å². The highest BCUT2D eigenvalue weighted by molar-refractivity contribution is 6.43. The maximum atomic E-state index is 12.5. The van der Waals surface area contributed by atoms with Gasteiger partial charge in [0.1, 0.15) is 12.0 Å². The summed E-state index contributed by atoms with van der Waals surface area (Å²) >= 11 is 0. The van der Waals surface area contributed by atoms with Crippen LogP contribution < -0.4 is 5.32 Å². The first kappa shape index (κ1) is 22.2. The SMILES string of the molecule is CC(C)C(C#N)C(=O)N1CCCC(OC(=O)NC(CC2=CCCC2)B(O)O)C1. The lowest BCUT2D eigenvalue weighted by Gasteiger charge is -2.34. The number of amides is 2. The number of piperidine rings is 1. The number of carbonyl (C=O) groups excluding carboxylic acids is 2. The molecule has 1 fully saturated rings. The van der Waals surface area contributed by atoms with E-state index < -0.39 is 31.2 Å². The van der Waals surface area contributed by atoms with Crippen LogP contribution in [0.4, 0.5) is 4.79 Å². The Labute approximate surface area is 166 Å². The maximum Gasteiger partial charge on any atom is 0.475 e. The molecule has 1 aliphatic heterocycles. The van der Waals surface area contributed by atoms with E-state index in [4.69, 9.17) is 4.74 Å². The number of ether oxygens (including phenoxy) is 1. The van der Waals surface area contributed by atoms with Gasteiger partial charge in [-0.15, -0.1) is 0 Å². The van der Waals surface area contributed by atoms with Crippen LogP contribution in [-0.2, 0) is 9.53 Å². The largest absolute Gasteiger partial charge is 0.475 e. The van der Waals surface area contributed by atoms with Gasteiger partial charge in [0, 0.05) is 6.54 Å². The summed E-state index contributed by atoms with van der Waals surface area (Å²) in [6.45, 7) is 4.45. The van der Waals surface area contributed by atoms with Crippen LogP contribution in [0.3, 0.4) is 0 Å². The van der Waals surface area contributed by atoms with E-state index in [0.717, 1.165) is 24.8 Å². The Bertz CT molecular complexity index is 632. The summed E-state index contributed by atoms with van der Waals surface area (Å²) in [6.07, 6.45) is 5.44. The van der Waals surface area contributed by atoms with Crippen molar-refractivity contribution < 1.29 is 24.4 Å². The fraction of sp³-hybridized carbons (Fsp3) is 0.737. The highest BCUT2D eigenvalue weighted by Gasteiger charge is 2.33. The van der Waals surface area contributed by atoms with Crippen molar-refractivity contribution in [2.75, 3.05) is 13.1 Å². The molecule has 28 heavy (non-hydrogen) atoms. The van der Waals surface area contributed by atoms with Crippen LogP contribution in [0.25, 0.3) is 0 Å². The second-order valence-electron chi connectivity index (χ2n) is 7.93. The number of hydrogen-bond donors (Lipinski definition) is 3. The quantitative estimate of drug-likeness (QED) is 0.445. The molecule has 0 saturated carbocycles. The minimum Gasteiger partial charge on any atom is -0.444 e. The Morgan fingerprint density at radius 2 is 2.18 bits per heavy atom. The topological polar surface area (TPSA) is 123 Å². The second-order valence-corrected chi connectivity index (χ2v) is 7.93. The molecule has 3 unspecified atom stereocenters. The Morgan fingerprint density at radius 3 is 2.75 bits per heavy atom. The third-order valence-electron chi connectivity index (χ3n) is 5.32. The summed E-state index contributed by atoms with van der Waals surface area (Å²) < 4.78 is 5.42. The number of rotatable bonds is 7. The summed E-state index contributed by atoms with van der Waals surface area (Å²) in [7, 11) is -1.68. The van der Waals surface area contributed by atoms with Gasteiger partial charge in [0.2, 0.25) is 5.91 Å². The number of nitrogens with one attached hydrogen (secondary N) is 1. The van der Waals surface area contributed by atoms with Gasteiger partial charge in [0.05, 0.1) is 18.6 Å². The lowest BCUT2D eigenvalue weighted by atomic mass is 9.76. The van der Waals surface area contributed by atoms with E-state index in [1.807, 2.05) is 13.8 Å². The van der Waals surface area contributed by atoms with E-state index >= 15 is 0 Å². The number of nitriles is 1. The van der Waals surface area contributed by atoms with Crippen molar-refractivity contribution in [2.24, 2.45) is 11.8 Å². The van der Waals surface area contributed by atoms with Crippen LogP contribution in [0.1, 0.15) is 52.4 Å². The Hall–Kier alpha value is -2.05. The first-order valence-electron chi connectivity index (χ1n) is 10.0. The van der Waals surface area contributed by atoms with Gasteiger partial charge in [-0.3, -0.25) is 4.79 Å². The molecule has 154 valence electrons. The Kier molecular flexibility index (Phi) is 8.33. The highest BCUT2D eigenvalue weighted by atomic mass is 16.6. The van der Waals surface area contributed by atoms with Gasteiger partial charge in [-0.05, 0) is 44.4 Å². The number of carbonyl (C=O) groups is 2. The molecule has 1 aliphatic carbocycles. The van der Waals surface area contributed by atoms with Crippen molar-refractivity contribution in [1.29, 1.82) is 5.26 Å². The van der Waals surface area contributed by atoms with E-state index in [9.17, 15) is 24.9 Å². The molecule has 0 spiro atoms. The van der Waals surface area contributed by atoms with Crippen LogP contribution in [0.2, 0.25) is 0 Å². The summed E-state index contributed by atoms with van der Waals surface area (Å²) in [6, 6.07) is 2.05. The molecular formula is C19H30BN3O5. The van der Waals surface area contributed by atoms with Crippen LogP contribution in [0.5, 0.6) is 0 Å². The average Bonchev–Trinajstić information content (AvgIpc) is 3.14. The molecule has 3 N–H and O–H groups in total. The zero-order valence-corrected chi connectivity index (χ0v) is 16.6. The molecule has 0 aromatic carbocycles. The zero-order chi connectivity index (χ0) is 20.7. The van der Waals surface area contributed by atoms with Gasteiger partial charge in [0.25, 0.3) is 0 Å². The normalized spacial score (nSPS) is 21.5. The molecule has 2 rings (SSSR count). The standard InChI is InChI=1S/C19H30BN3O5/c1-13(2)16(11-21)18(24)23-9-5-8-15(12-23)28-19(25)22-17(20(26)27)10-14-6-3-4-7-14/h6,13,15-17,26-27H,3-5,7-10,12H2,1-2H3,(H,22,25). The molecule has 9 heteroatoms. The van der Waals surface area contributed by atoms with Gasteiger partial charge >= 0.3 is 13.2 Å². The fourth-order valence-corrected chi connectivity index (χ4v) is 3.69. The number of allylic oxidation sites excluding steroid dienone is 1. The third-order valence-corrected chi connectivity index (χ3v) is 5.32. The minimum atomic E-state index is -1.68. The molecule has 2 amide bonds. The van der Waals surface area contributed by atoms with E-state index in [0.29, 0.717) is 25.8 Å². The lowest BCUT2D eigenvalue weighted by Crippen LogP contribution is -2.50. The van der Waals surface area contributed by atoms with E-state index in [1.165, 1.54) is 0 Å². The fourth-order valence-electron chi connectivity index (χ4n) is 3.69. The van der Waals surface area contributed by atoms with Crippen molar-refractivity contribution in [3.63, 3.8) is 0 Å². The van der Waals surface area contributed by atoms with Crippen LogP contribution in [0.15, 0.2) is 11.6 Å². The minimum absolute atomic E-state index is 0.0845. The van der Waals surface area contributed by atoms with Gasteiger partial charge in [-0.2, -0.15) is 5.26 Å². The van der Waals surface area contributed by atoms with E-state index in [2.05, 4.69) is 17.5 Å². The van der Waals surface area contributed by atoms with Gasteiger partial charge in [0.15, 0.2) is 0 Å². The van der Waals surface area contributed by atoms with Gasteiger partial charge in [-0.1, -0.05) is 25.5 Å². The number of hydrogen-bond acceptors (Lipinski definition) is 6. The van der Waals surface area contributed by atoms with Crippen molar-refractivity contribution in [1.82, 2.24) is 10.2 Å². The van der Waals surface area contributed by atoms with E-state index in [-0.39, 0.29) is 18.4 Å². The van der Waals surface area contributed by atoms with Crippen molar-refractivity contribution >= 4 is 19.1 Å². The van der Waals surface area contributed by atoms with Gasteiger partial charge < -0.3 is 25.0 Å². The molecule has 1 saturated heterocycles. The smallest absolute Gasteiger partial charge is 0.444 e. The molecule has 3 atom stereocenters. The number of likely N-dealkylation sites (tertiary alicyclic amines) is 1. The number of alkyl carbamates (subject to hydrolysis) is 1. The summed E-state index contributed by atoms with van der Waals surface area (Å²) in [5.41, 5.74) is 1.10. The maximum absolute atomic E-state index is 12.5. The lowest BCUT2D eigenvalue weighted by molar-refractivity contribution is -0.138. The predicted molar refractivity (Wildman–Crippen MR) is 104 cm³/mol. The van der Waals surface area contributed by atoms with Crippen molar-refractivity contribution in [2.45, 2.75) is 64.4 Å². The number of nitrogens with zero attached hydrogens (tertiary/aromatic N) is 2. The average molecular weight is 391 g/mol. The molecule has 1 heterocycles. The zero-order valence-electron chi connectivity index (χ0n) is 16.6. The summed E-state index contributed by atoms with van der Waals surface area (Å²) in [5.74, 6) is -1.86. The van der Waals surface area contributed by atoms with Crippen LogP contribution >= 0.6 is 0 Å². The summed E-state index contributed by atoms with van der Waals surface area (Å²) in [4.78, 5) is 26.4. The Morgan fingerprint density at radius 1 is 1.43 bits per heavy atom. The monoisotopic (exact) mass is 391 g/mol. The molecule has 0 aromatic heterocycles.